The summed E-state index contributed by atoms with van der Waals surface area (Å²) in [7, 11) is 1.67. The molecule has 0 aromatic heterocycles. The number of carbonyl (C=O) groups is 1. The molecule has 4 nitrogen and oxygen atoms in total. The lowest BCUT2D eigenvalue weighted by molar-refractivity contribution is -0.120. The third-order valence-electron chi connectivity index (χ3n) is 3.28. The van der Waals surface area contributed by atoms with Crippen molar-refractivity contribution in [2.24, 2.45) is 0 Å². The Balaban J connectivity index is 1.74. The summed E-state index contributed by atoms with van der Waals surface area (Å²) in [6, 6.07) is 6.68. The lowest BCUT2D eigenvalue weighted by Crippen LogP contribution is -2.35. The largest absolute Gasteiger partial charge is 0.496 e. The molecule has 2 rings (SSSR count). The van der Waals surface area contributed by atoms with Gasteiger partial charge in [0.15, 0.2) is 0 Å². The summed E-state index contributed by atoms with van der Waals surface area (Å²) in [6.45, 7) is 3.13. The summed E-state index contributed by atoms with van der Waals surface area (Å²) in [6.07, 6.45) is 3.20. The molecule has 1 aromatic rings. The van der Waals surface area contributed by atoms with Gasteiger partial charge in [0.05, 0.1) is 13.7 Å². The number of hydrogen-bond donors (Lipinski definition) is 2. The van der Waals surface area contributed by atoms with E-state index in [1.807, 2.05) is 12.1 Å². The average molecular weight is 262 g/mol. The first-order chi connectivity index (χ1) is 9.19. The Morgan fingerprint density at radius 2 is 2.21 bits per heavy atom. The number of rotatable bonds is 7. The summed E-state index contributed by atoms with van der Waals surface area (Å²) in [5.41, 5.74) is 2.34. The van der Waals surface area contributed by atoms with Gasteiger partial charge in [-0.3, -0.25) is 4.79 Å². The minimum absolute atomic E-state index is 0.0681. The van der Waals surface area contributed by atoms with Crippen LogP contribution in [0.5, 0.6) is 5.75 Å². The van der Waals surface area contributed by atoms with E-state index in [9.17, 15) is 4.79 Å². The van der Waals surface area contributed by atoms with Gasteiger partial charge in [-0.25, -0.2) is 0 Å². The Hall–Kier alpha value is -1.55. The molecule has 4 heteroatoms. The van der Waals surface area contributed by atoms with Gasteiger partial charge in [-0.1, -0.05) is 17.7 Å². The predicted octanol–water partition coefficient (Wildman–Crippen LogP) is 1.41. The molecule has 104 valence electrons. The van der Waals surface area contributed by atoms with Crippen molar-refractivity contribution in [2.45, 2.75) is 32.2 Å². The third kappa shape index (κ3) is 4.56. The number of benzene rings is 1. The molecule has 0 saturated heterocycles. The maximum atomic E-state index is 11.6. The fraction of sp³-hybridized carbons (Fsp3) is 0.533. The monoisotopic (exact) mass is 262 g/mol. The van der Waals surface area contributed by atoms with E-state index >= 15 is 0 Å². The second kappa shape index (κ2) is 6.57. The molecule has 0 heterocycles. The van der Waals surface area contributed by atoms with Crippen molar-refractivity contribution < 1.29 is 9.53 Å². The fourth-order valence-electron chi connectivity index (χ4n) is 2.03. The number of nitrogens with one attached hydrogen (secondary N) is 2. The van der Waals surface area contributed by atoms with Crippen LogP contribution in [-0.4, -0.2) is 32.1 Å². The summed E-state index contributed by atoms with van der Waals surface area (Å²) < 4.78 is 5.32. The van der Waals surface area contributed by atoms with Crippen molar-refractivity contribution in [3.05, 3.63) is 29.3 Å². The van der Waals surface area contributed by atoms with Crippen molar-refractivity contribution in [1.82, 2.24) is 10.6 Å². The summed E-state index contributed by atoms with van der Waals surface area (Å²) in [4.78, 5) is 11.6. The van der Waals surface area contributed by atoms with Gasteiger partial charge in [-0.05, 0) is 37.8 Å². The second-order valence-corrected chi connectivity index (χ2v) is 5.07. The van der Waals surface area contributed by atoms with E-state index in [1.165, 1.54) is 18.4 Å². The molecule has 0 atom stereocenters. The number of aryl methyl sites for hydroxylation is 1. The first-order valence-corrected chi connectivity index (χ1v) is 6.82. The van der Waals surface area contributed by atoms with E-state index in [1.54, 1.807) is 7.11 Å². The number of amides is 1. The molecule has 0 aliphatic heterocycles. The van der Waals surface area contributed by atoms with E-state index in [2.05, 4.69) is 23.6 Å². The summed E-state index contributed by atoms with van der Waals surface area (Å²) >= 11 is 0. The topological polar surface area (TPSA) is 50.4 Å². The summed E-state index contributed by atoms with van der Waals surface area (Å²) in [5.74, 6) is 0.953. The maximum absolute atomic E-state index is 11.6. The minimum Gasteiger partial charge on any atom is -0.496 e. The average Bonchev–Trinajstić information content (AvgIpc) is 3.21. The molecule has 2 N–H and O–H groups in total. The standard InChI is InChI=1S/C15H22N2O2/c1-11-3-6-14(19-2)12(9-11)7-8-16-15(18)10-17-13-4-5-13/h3,6,9,13,17H,4-5,7-8,10H2,1-2H3,(H,16,18). The molecule has 0 spiro atoms. The van der Waals surface area contributed by atoms with Crippen LogP contribution >= 0.6 is 0 Å². The molecule has 0 unspecified atom stereocenters. The van der Waals surface area contributed by atoms with Crippen LogP contribution < -0.4 is 15.4 Å². The zero-order valence-corrected chi connectivity index (χ0v) is 11.7. The highest BCUT2D eigenvalue weighted by atomic mass is 16.5. The van der Waals surface area contributed by atoms with Gasteiger partial charge in [0.1, 0.15) is 5.75 Å². The van der Waals surface area contributed by atoms with Gasteiger partial charge in [-0.15, -0.1) is 0 Å². The van der Waals surface area contributed by atoms with Gasteiger partial charge in [0.25, 0.3) is 0 Å². The number of ether oxygens (including phenoxy) is 1. The van der Waals surface area contributed by atoms with Gasteiger partial charge in [-0.2, -0.15) is 0 Å². The van der Waals surface area contributed by atoms with Gasteiger partial charge < -0.3 is 15.4 Å². The Bertz CT molecular complexity index is 442. The van der Waals surface area contributed by atoms with Crippen molar-refractivity contribution in [3.8, 4) is 5.75 Å². The van der Waals surface area contributed by atoms with E-state index in [4.69, 9.17) is 4.74 Å². The lowest BCUT2D eigenvalue weighted by Gasteiger charge is -2.10. The zero-order chi connectivity index (χ0) is 13.7. The predicted molar refractivity (Wildman–Crippen MR) is 75.5 cm³/mol. The minimum atomic E-state index is 0.0681. The van der Waals surface area contributed by atoms with E-state index in [-0.39, 0.29) is 5.91 Å². The van der Waals surface area contributed by atoms with Crippen LogP contribution in [0.25, 0.3) is 0 Å². The first-order valence-electron chi connectivity index (χ1n) is 6.82. The highest BCUT2D eigenvalue weighted by Crippen LogP contribution is 2.20. The zero-order valence-electron chi connectivity index (χ0n) is 11.7. The highest BCUT2D eigenvalue weighted by molar-refractivity contribution is 5.78. The smallest absolute Gasteiger partial charge is 0.233 e. The lowest BCUT2D eigenvalue weighted by atomic mass is 10.1. The molecule has 1 aliphatic rings. The fourth-order valence-corrected chi connectivity index (χ4v) is 2.03. The number of carbonyl (C=O) groups excluding carboxylic acids is 1. The molecule has 1 fully saturated rings. The SMILES string of the molecule is COc1ccc(C)cc1CCNC(=O)CNC1CC1. The molecular formula is C15H22N2O2. The number of hydrogen-bond acceptors (Lipinski definition) is 3. The molecule has 19 heavy (non-hydrogen) atoms. The van der Waals surface area contributed by atoms with Gasteiger partial charge in [0.2, 0.25) is 5.91 Å². The van der Waals surface area contributed by atoms with E-state index in [0.717, 1.165) is 17.7 Å². The molecule has 0 radical (unpaired) electrons. The van der Waals surface area contributed by atoms with E-state index < -0.39 is 0 Å². The van der Waals surface area contributed by atoms with Gasteiger partial charge >= 0.3 is 0 Å². The maximum Gasteiger partial charge on any atom is 0.233 e. The first kappa shape index (κ1) is 13.9. The molecule has 1 aromatic carbocycles. The van der Waals surface area contributed by atoms with Crippen LogP contribution in [0.3, 0.4) is 0 Å². The van der Waals surface area contributed by atoms with Crippen LogP contribution in [0.15, 0.2) is 18.2 Å². The van der Waals surface area contributed by atoms with Crippen molar-refractivity contribution >= 4 is 5.91 Å². The van der Waals surface area contributed by atoms with Crippen molar-refractivity contribution in [1.29, 1.82) is 0 Å². The molecule has 1 amide bonds. The molecular weight excluding hydrogens is 240 g/mol. The Morgan fingerprint density at radius 1 is 1.42 bits per heavy atom. The Morgan fingerprint density at radius 3 is 2.89 bits per heavy atom. The Kier molecular flexibility index (Phi) is 4.80. The van der Waals surface area contributed by atoms with E-state index in [0.29, 0.717) is 19.1 Å². The van der Waals surface area contributed by atoms with Crippen LogP contribution in [0.2, 0.25) is 0 Å². The molecule has 0 bridgehead atoms. The van der Waals surface area contributed by atoms with Gasteiger partial charge in [0, 0.05) is 12.6 Å². The molecule has 1 saturated carbocycles. The normalized spacial score (nSPS) is 14.2. The second-order valence-electron chi connectivity index (χ2n) is 5.07. The van der Waals surface area contributed by atoms with Crippen LogP contribution in [0.1, 0.15) is 24.0 Å². The Labute approximate surface area is 114 Å². The van der Waals surface area contributed by atoms with Crippen molar-refractivity contribution in [2.75, 3.05) is 20.2 Å². The molecule has 1 aliphatic carbocycles. The van der Waals surface area contributed by atoms with Crippen LogP contribution in [-0.2, 0) is 11.2 Å². The highest BCUT2D eigenvalue weighted by Gasteiger charge is 2.20. The van der Waals surface area contributed by atoms with Crippen LogP contribution in [0.4, 0.5) is 0 Å². The van der Waals surface area contributed by atoms with Crippen molar-refractivity contribution in [3.63, 3.8) is 0 Å². The third-order valence-corrected chi connectivity index (χ3v) is 3.28. The quantitative estimate of drug-likeness (QED) is 0.781. The van der Waals surface area contributed by atoms with Crippen LogP contribution in [0, 0.1) is 6.92 Å². The summed E-state index contributed by atoms with van der Waals surface area (Å²) in [5, 5.41) is 6.13. The number of methoxy groups -OCH3 is 1.